The van der Waals surface area contributed by atoms with Gasteiger partial charge in [0.25, 0.3) is 0 Å². The number of hydrogen-bond acceptors (Lipinski definition) is 2. The van der Waals surface area contributed by atoms with E-state index in [0.717, 1.165) is 6.42 Å². The second kappa shape index (κ2) is 8.38. The van der Waals surface area contributed by atoms with Gasteiger partial charge in [0.15, 0.2) is 0 Å². The molecule has 2 bridgehead atoms. The van der Waals surface area contributed by atoms with E-state index >= 15 is 0 Å². The van der Waals surface area contributed by atoms with Crippen LogP contribution in [-0.2, 0) is 4.74 Å². The van der Waals surface area contributed by atoms with E-state index in [-0.39, 0.29) is 5.54 Å². The highest BCUT2D eigenvalue weighted by Gasteiger charge is 2.49. The molecule has 2 fully saturated rings. The molecule has 0 saturated carbocycles. The Balaban J connectivity index is 1.41. The van der Waals surface area contributed by atoms with Gasteiger partial charge in [-0.2, -0.15) is 0 Å². The van der Waals surface area contributed by atoms with Gasteiger partial charge < -0.3 is 10.5 Å². The summed E-state index contributed by atoms with van der Waals surface area (Å²) in [5, 5.41) is 0. The lowest BCUT2D eigenvalue weighted by Crippen LogP contribution is -2.48. The van der Waals surface area contributed by atoms with Crippen LogP contribution in [-0.4, -0.2) is 17.7 Å². The summed E-state index contributed by atoms with van der Waals surface area (Å²) in [4.78, 5) is 0. The molecule has 118 valence electrons. The van der Waals surface area contributed by atoms with Crippen LogP contribution >= 0.6 is 0 Å². The summed E-state index contributed by atoms with van der Waals surface area (Å²) >= 11 is 0. The molecule has 2 aliphatic rings. The van der Waals surface area contributed by atoms with Gasteiger partial charge in [-0.3, -0.25) is 0 Å². The molecule has 3 atom stereocenters. The third kappa shape index (κ3) is 4.73. The van der Waals surface area contributed by atoms with Crippen molar-refractivity contribution in [3.8, 4) is 0 Å². The van der Waals surface area contributed by atoms with Gasteiger partial charge in [0.1, 0.15) is 0 Å². The van der Waals surface area contributed by atoms with Crippen LogP contribution < -0.4 is 5.73 Å². The summed E-state index contributed by atoms with van der Waals surface area (Å²) in [7, 11) is 0. The van der Waals surface area contributed by atoms with Crippen molar-refractivity contribution < 1.29 is 4.74 Å². The van der Waals surface area contributed by atoms with Gasteiger partial charge in [0.05, 0.1) is 12.2 Å². The van der Waals surface area contributed by atoms with Crippen molar-refractivity contribution in [1.82, 2.24) is 0 Å². The van der Waals surface area contributed by atoms with Crippen LogP contribution in [0.4, 0.5) is 0 Å². The Morgan fingerprint density at radius 3 is 2.00 bits per heavy atom. The van der Waals surface area contributed by atoms with Crippen molar-refractivity contribution >= 4 is 0 Å². The molecular weight excluding hydrogens is 246 g/mol. The summed E-state index contributed by atoms with van der Waals surface area (Å²) in [6, 6.07) is 0. The van der Waals surface area contributed by atoms with Gasteiger partial charge in [-0.15, -0.1) is 0 Å². The Labute approximate surface area is 125 Å². The van der Waals surface area contributed by atoms with Crippen LogP contribution in [0.15, 0.2) is 0 Å². The third-order valence-corrected chi connectivity index (χ3v) is 5.35. The van der Waals surface area contributed by atoms with Gasteiger partial charge in [-0.25, -0.2) is 0 Å². The van der Waals surface area contributed by atoms with E-state index in [1.165, 1.54) is 83.5 Å². The first kappa shape index (κ1) is 16.3. The highest BCUT2D eigenvalue weighted by molar-refractivity contribution is 5.04. The molecule has 20 heavy (non-hydrogen) atoms. The second-order valence-electron chi connectivity index (χ2n) is 7.19. The fourth-order valence-corrected chi connectivity index (χ4v) is 4.04. The summed E-state index contributed by atoms with van der Waals surface area (Å²) < 4.78 is 5.91. The number of nitrogens with two attached hydrogens (primary N) is 1. The van der Waals surface area contributed by atoms with E-state index in [1.54, 1.807) is 0 Å². The maximum absolute atomic E-state index is 6.53. The Kier molecular flexibility index (Phi) is 6.83. The molecule has 2 N–H and O–H groups in total. The van der Waals surface area contributed by atoms with Crippen molar-refractivity contribution in [2.75, 3.05) is 0 Å². The lowest BCUT2D eigenvalue weighted by Gasteiger charge is -2.31. The van der Waals surface area contributed by atoms with Crippen molar-refractivity contribution in [3.63, 3.8) is 0 Å². The maximum atomic E-state index is 6.53. The van der Waals surface area contributed by atoms with Crippen molar-refractivity contribution in [2.24, 2.45) is 5.73 Å². The van der Waals surface area contributed by atoms with Crippen LogP contribution in [0.3, 0.4) is 0 Å². The predicted octanol–water partition coefficient (Wildman–Crippen LogP) is 4.95. The predicted molar refractivity (Wildman–Crippen MR) is 85.9 cm³/mol. The second-order valence-corrected chi connectivity index (χ2v) is 7.19. The summed E-state index contributed by atoms with van der Waals surface area (Å²) in [5.74, 6) is 0. The number of ether oxygens (including phenoxy) is 1. The highest BCUT2D eigenvalue weighted by atomic mass is 16.5. The largest absolute Gasteiger partial charge is 0.373 e. The minimum Gasteiger partial charge on any atom is -0.373 e. The fourth-order valence-electron chi connectivity index (χ4n) is 4.04. The molecule has 2 heteroatoms. The molecule has 3 unspecified atom stereocenters. The van der Waals surface area contributed by atoms with Gasteiger partial charge in [0, 0.05) is 5.54 Å². The molecule has 0 aromatic rings. The Hall–Kier alpha value is -0.0800. The average molecular weight is 281 g/mol. The molecule has 0 spiro atoms. The number of hydrogen-bond donors (Lipinski definition) is 1. The van der Waals surface area contributed by atoms with E-state index in [1.807, 2.05) is 0 Å². The Morgan fingerprint density at radius 1 is 0.900 bits per heavy atom. The zero-order valence-corrected chi connectivity index (χ0v) is 13.5. The first-order chi connectivity index (χ1) is 9.74. The number of rotatable bonds is 11. The summed E-state index contributed by atoms with van der Waals surface area (Å²) in [6.45, 7) is 2.28. The topological polar surface area (TPSA) is 35.2 Å². The van der Waals surface area contributed by atoms with Crippen molar-refractivity contribution in [3.05, 3.63) is 0 Å². The molecule has 0 amide bonds. The van der Waals surface area contributed by atoms with Gasteiger partial charge in [-0.1, -0.05) is 71.1 Å². The summed E-state index contributed by atoms with van der Waals surface area (Å²) in [6.07, 6.45) is 19.7. The van der Waals surface area contributed by atoms with Crippen LogP contribution in [0.1, 0.15) is 96.8 Å². The molecular formula is C18H35NO. The van der Waals surface area contributed by atoms with Crippen LogP contribution in [0.5, 0.6) is 0 Å². The number of fused-ring (bicyclic) bond motifs is 2. The van der Waals surface area contributed by atoms with Gasteiger partial charge in [-0.05, 0) is 25.7 Å². The smallest absolute Gasteiger partial charge is 0.0760 e. The molecule has 0 aromatic heterocycles. The standard InChI is InChI=1S/C18H35NO/c1-2-3-4-5-6-7-8-9-10-11-14-18(19)15-16-12-13-17(18)20-16/h16-17H,2-15,19H2,1H3. The van der Waals surface area contributed by atoms with Gasteiger partial charge >= 0.3 is 0 Å². The average Bonchev–Trinajstić information content (AvgIpc) is 3.01. The molecule has 0 aromatic carbocycles. The SMILES string of the molecule is CCCCCCCCCCCCC1(N)CC2CCC1O2. The van der Waals surface area contributed by atoms with Gasteiger partial charge in [0.2, 0.25) is 0 Å². The van der Waals surface area contributed by atoms with Crippen LogP contribution in [0, 0.1) is 0 Å². The van der Waals surface area contributed by atoms with E-state index in [4.69, 9.17) is 10.5 Å². The minimum atomic E-state index is 0.0308. The molecule has 2 nitrogen and oxygen atoms in total. The third-order valence-electron chi connectivity index (χ3n) is 5.35. The first-order valence-electron chi connectivity index (χ1n) is 9.19. The van der Waals surface area contributed by atoms with E-state index in [2.05, 4.69) is 6.92 Å². The first-order valence-corrected chi connectivity index (χ1v) is 9.19. The molecule has 0 radical (unpaired) electrons. The van der Waals surface area contributed by atoms with Crippen molar-refractivity contribution in [1.29, 1.82) is 0 Å². The zero-order valence-electron chi connectivity index (χ0n) is 13.5. The van der Waals surface area contributed by atoms with Crippen LogP contribution in [0.2, 0.25) is 0 Å². The highest BCUT2D eigenvalue weighted by Crippen LogP contribution is 2.42. The lowest BCUT2D eigenvalue weighted by atomic mass is 9.79. The molecule has 2 aliphatic heterocycles. The molecule has 0 aliphatic carbocycles. The Bertz CT molecular complexity index is 268. The van der Waals surface area contributed by atoms with E-state index in [0.29, 0.717) is 12.2 Å². The lowest BCUT2D eigenvalue weighted by molar-refractivity contribution is 0.0832. The quantitative estimate of drug-likeness (QED) is 0.544. The number of unbranched alkanes of at least 4 members (excludes halogenated alkanes) is 9. The monoisotopic (exact) mass is 281 g/mol. The summed E-state index contributed by atoms with van der Waals surface area (Å²) in [5.41, 5.74) is 6.56. The fraction of sp³-hybridized carbons (Fsp3) is 1.00. The van der Waals surface area contributed by atoms with E-state index < -0.39 is 0 Å². The molecule has 2 saturated heterocycles. The zero-order chi connectivity index (χ0) is 14.3. The molecule has 2 heterocycles. The molecule has 2 rings (SSSR count). The maximum Gasteiger partial charge on any atom is 0.0760 e. The van der Waals surface area contributed by atoms with Crippen molar-refractivity contribution in [2.45, 2.75) is 115 Å². The Morgan fingerprint density at radius 2 is 1.50 bits per heavy atom. The normalized spacial score (nSPS) is 32.1. The van der Waals surface area contributed by atoms with Crippen LogP contribution in [0.25, 0.3) is 0 Å². The minimum absolute atomic E-state index is 0.0308. The van der Waals surface area contributed by atoms with E-state index in [9.17, 15) is 0 Å².